The molecule has 0 aliphatic carbocycles. The van der Waals surface area contributed by atoms with Crippen molar-refractivity contribution in [2.24, 2.45) is 5.41 Å². The molecule has 0 bridgehead atoms. The van der Waals surface area contributed by atoms with Gasteiger partial charge in [0.1, 0.15) is 11.6 Å². The molecule has 2 aromatic carbocycles. The van der Waals surface area contributed by atoms with Crippen LogP contribution in [0, 0.1) is 18.2 Å². The Hall–Kier alpha value is -2.40. The van der Waals surface area contributed by atoms with E-state index >= 15 is 0 Å². The Morgan fingerprint density at radius 1 is 1.11 bits per heavy atom. The van der Waals surface area contributed by atoms with E-state index < -0.39 is 17.0 Å². The molecule has 0 aromatic heterocycles. The maximum absolute atomic E-state index is 13.7. The maximum Gasteiger partial charge on any atom is 0.336 e. The molecule has 0 radical (unpaired) electrons. The van der Waals surface area contributed by atoms with Crippen molar-refractivity contribution in [2.45, 2.75) is 45.6 Å². The highest BCUT2D eigenvalue weighted by Crippen LogP contribution is 2.36. The van der Waals surface area contributed by atoms with E-state index in [1.54, 1.807) is 6.07 Å². The fourth-order valence-electron chi connectivity index (χ4n) is 3.59. The molecule has 2 aromatic rings. The lowest BCUT2D eigenvalue weighted by molar-refractivity contribution is -0.162. The summed E-state index contributed by atoms with van der Waals surface area (Å²) in [7, 11) is 1.51. The molecule has 2 N–H and O–H groups in total. The van der Waals surface area contributed by atoms with Crippen molar-refractivity contribution in [2.75, 3.05) is 7.11 Å². The standard InChI is InChI=1S/C22H27FO4/c1-15-7-5-6-8-16(15)13-22(26,20(24)25)14-21(2,3)12-17-11-18(23)9-10-19(17)27-4/h5-11,26H,12-14H2,1-4H3,(H,24,25). The van der Waals surface area contributed by atoms with Gasteiger partial charge in [0.15, 0.2) is 5.60 Å². The smallest absolute Gasteiger partial charge is 0.336 e. The minimum Gasteiger partial charge on any atom is -0.496 e. The van der Waals surface area contributed by atoms with Gasteiger partial charge in [-0.25, -0.2) is 9.18 Å². The predicted molar refractivity (Wildman–Crippen MR) is 103 cm³/mol. The summed E-state index contributed by atoms with van der Waals surface area (Å²) in [5.41, 5.74) is -0.151. The number of hydrogen-bond acceptors (Lipinski definition) is 3. The van der Waals surface area contributed by atoms with E-state index in [0.717, 1.165) is 11.1 Å². The van der Waals surface area contributed by atoms with Gasteiger partial charge in [-0.15, -0.1) is 0 Å². The van der Waals surface area contributed by atoms with Crippen molar-refractivity contribution in [3.63, 3.8) is 0 Å². The molecule has 0 heterocycles. The Kier molecular flexibility index (Phi) is 6.26. The van der Waals surface area contributed by atoms with Crippen LogP contribution in [0.15, 0.2) is 42.5 Å². The molecule has 0 saturated carbocycles. The second-order valence-corrected chi connectivity index (χ2v) is 7.91. The van der Waals surface area contributed by atoms with Crippen LogP contribution in [0.3, 0.4) is 0 Å². The average Bonchev–Trinajstić information content (AvgIpc) is 2.56. The minimum absolute atomic E-state index is 0.0126. The maximum atomic E-state index is 13.7. The van der Waals surface area contributed by atoms with Crippen LogP contribution in [0.2, 0.25) is 0 Å². The first-order valence-electron chi connectivity index (χ1n) is 8.89. The van der Waals surface area contributed by atoms with E-state index in [-0.39, 0.29) is 18.7 Å². The average molecular weight is 374 g/mol. The summed E-state index contributed by atoms with van der Waals surface area (Å²) in [4.78, 5) is 11.9. The first-order valence-corrected chi connectivity index (χ1v) is 8.89. The molecule has 0 amide bonds. The summed E-state index contributed by atoms with van der Waals surface area (Å²) >= 11 is 0. The summed E-state index contributed by atoms with van der Waals surface area (Å²) in [6.07, 6.45) is 0.402. The van der Waals surface area contributed by atoms with Crippen LogP contribution in [0.25, 0.3) is 0 Å². The highest BCUT2D eigenvalue weighted by molar-refractivity contribution is 5.77. The second-order valence-electron chi connectivity index (χ2n) is 7.91. The molecule has 0 spiro atoms. The van der Waals surface area contributed by atoms with Crippen LogP contribution in [0.5, 0.6) is 5.75 Å². The van der Waals surface area contributed by atoms with Crippen LogP contribution in [0.1, 0.15) is 37.0 Å². The number of ether oxygens (including phenoxy) is 1. The van der Waals surface area contributed by atoms with Crippen LogP contribution >= 0.6 is 0 Å². The fraction of sp³-hybridized carbons (Fsp3) is 0.409. The van der Waals surface area contributed by atoms with Crippen LogP contribution in [0.4, 0.5) is 4.39 Å². The van der Waals surface area contributed by atoms with Crippen molar-refractivity contribution in [1.82, 2.24) is 0 Å². The Labute approximate surface area is 159 Å². The van der Waals surface area contributed by atoms with Gasteiger partial charge in [-0.1, -0.05) is 38.1 Å². The molecule has 27 heavy (non-hydrogen) atoms. The molecule has 146 valence electrons. The Morgan fingerprint density at radius 3 is 2.37 bits per heavy atom. The lowest BCUT2D eigenvalue weighted by Crippen LogP contribution is -2.45. The highest BCUT2D eigenvalue weighted by atomic mass is 19.1. The molecule has 0 saturated heterocycles. The third-order valence-electron chi connectivity index (χ3n) is 4.82. The van der Waals surface area contributed by atoms with Crippen molar-refractivity contribution in [3.05, 3.63) is 65.0 Å². The van der Waals surface area contributed by atoms with Gasteiger partial charge < -0.3 is 14.9 Å². The molecule has 5 heteroatoms. The number of rotatable bonds is 8. The van der Waals surface area contributed by atoms with Gasteiger partial charge >= 0.3 is 5.97 Å². The molecule has 2 rings (SSSR count). The lowest BCUT2D eigenvalue weighted by atomic mass is 9.74. The quantitative estimate of drug-likeness (QED) is 0.728. The van der Waals surface area contributed by atoms with Gasteiger partial charge in [0.25, 0.3) is 0 Å². The number of carboxylic acid groups (broad SMARTS) is 1. The molecule has 1 atom stereocenters. The highest BCUT2D eigenvalue weighted by Gasteiger charge is 2.41. The zero-order valence-corrected chi connectivity index (χ0v) is 16.3. The zero-order valence-electron chi connectivity index (χ0n) is 16.3. The molecular weight excluding hydrogens is 347 g/mol. The Bertz CT molecular complexity index is 816. The van der Waals surface area contributed by atoms with E-state index in [1.807, 2.05) is 45.0 Å². The topological polar surface area (TPSA) is 66.8 Å². The van der Waals surface area contributed by atoms with E-state index in [2.05, 4.69) is 0 Å². The second kappa shape index (κ2) is 8.09. The van der Waals surface area contributed by atoms with Crippen molar-refractivity contribution >= 4 is 5.97 Å². The van der Waals surface area contributed by atoms with E-state index in [9.17, 15) is 19.4 Å². The van der Waals surface area contributed by atoms with Gasteiger partial charge in [0.05, 0.1) is 7.11 Å². The van der Waals surface area contributed by atoms with Crippen LogP contribution in [-0.2, 0) is 17.6 Å². The number of hydrogen-bond donors (Lipinski definition) is 2. The monoisotopic (exact) mass is 374 g/mol. The SMILES string of the molecule is COc1ccc(F)cc1CC(C)(C)CC(O)(Cc1ccccc1C)C(=O)O. The van der Waals surface area contributed by atoms with Gasteiger partial charge in [0.2, 0.25) is 0 Å². The molecule has 0 fully saturated rings. The number of aliphatic carboxylic acids is 1. The van der Waals surface area contributed by atoms with Crippen molar-refractivity contribution in [1.29, 1.82) is 0 Å². The van der Waals surface area contributed by atoms with Crippen molar-refractivity contribution < 1.29 is 24.1 Å². The summed E-state index contributed by atoms with van der Waals surface area (Å²) in [5.74, 6) is -1.10. The van der Waals surface area contributed by atoms with E-state index in [0.29, 0.717) is 17.7 Å². The lowest BCUT2D eigenvalue weighted by Gasteiger charge is -2.34. The molecule has 0 aliphatic rings. The van der Waals surface area contributed by atoms with E-state index in [4.69, 9.17) is 4.74 Å². The summed E-state index contributed by atoms with van der Waals surface area (Å²) < 4.78 is 18.9. The summed E-state index contributed by atoms with van der Waals surface area (Å²) in [6, 6.07) is 11.7. The fourth-order valence-corrected chi connectivity index (χ4v) is 3.59. The third-order valence-corrected chi connectivity index (χ3v) is 4.82. The minimum atomic E-state index is -1.92. The van der Waals surface area contributed by atoms with Gasteiger partial charge in [-0.05, 0) is 60.1 Å². The normalized spacial score (nSPS) is 13.9. The Morgan fingerprint density at radius 2 is 1.78 bits per heavy atom. The number of methoxy groups -OCH3 is 1. The first kappa shape index (κ1) is 20.9. The van der Waals surface area contributed by atoms with Crippen molar-refractivity contribution in [3.8, 4) is 5.75 Å². The van der Waals surface area contributed by atoms with Crippen LogP contribution < -0.4 is 4.74 Å². The van der Waals surface area contributed by atoms with Crippen LogP contribution in [-0.4, -0.2) is 28.9 Å². The predicted octanol–water partition coefficient (Wildman–Crippen LogP) is 4.16. The molecule has 1 unspecified atom stereocenters. The van der Waals surface area contributed by atoms with Gasteiger partial charge in [-0.2, -0.15) is 0 Å². The zero-order chi connectivity index (χ0) is 20.2. The molecule has 4 nitrogen and oxygen atoms in total. The largest absolute Gasteiger partial charge is 0.496 e. The first-order chi connectivity index (χ1) is 12.6. The van der Waals surface area contributed by atoms with Gasteiger partial charge in [-0.3, -0.25) is 0 Å². The summed E-state index contributed by atoms with van der Waals surface area (Å²) in [5, 5.41) is 20.7. The van der Waals surface area contributed by atoms with E-state index in [1.165, 1.54) is 19.2 Å². The Balaban J connectivity index is 2.27. The van der Waals surface area contributed by atoms with Gasteiger partial charge in [0, 0.05) is 6.42 Å². The number of aryl methyl sites for hydroxylation is 1. The number of benzene rings is 2. The molecule has 0 aliphatic heterocycles. The number of carboxylic acids is 1. The number of aliphatic hydroxyl groups is 1. The number of carbonyl (C=O) groups is 1. The number of halogens is 1. The third kappa shape index (κ3) is 5.30. The summed E-state index contributed by atoms with van der Waals surface area (Å²) in [6.45, 7) is 5.62. The molecular formula is C22H27FO4.